The topological polar surface area (TPSA) is 448 Å². The first-order valence-electron chi connectivity index (χ1n) is 50.1. The van der Waals surface area contributed by atoms with Crippen molar-refractivity contribution in [2.24, 2.45) is 17.2 Å². The van der Waals surface area contributed by atoms with Crippen molar-refractivity contribution in [3.8, 4) is 46.0 Å². The number of phenols is 3. The Morgan fingerprint density at radius 1 is 0.347 bits per heavy atom. The minimum absolute atomic E-state index is 0.194. The molecule has 8 heterocycles. The molecule has 10 aromatic carbocycles. The third kappa shape index (κ3) is 34.1. The van der Waals surface area contributed by atoms with Gasteiger partial charge in [-0.25, -0.2) is 4.79 Å². The van der Waals surface area contributed by atoms with Gasteiger partial charge in [-0.3, -0.25) is 29.0 Å². The summed E-state index contributed by atoms with van der Waals surface area (Å²) in [4.78, 5) is 83.0. The van der Waals surface area contributed by atoms with Gasteiger partial charge in [0.25, 0.3) is 23.6 Å². The number of H-pyrrole nitrogens is 6. The summed E-state index contributed by atoms with van der Waals surface area (Å²) >= 11 is 7.77. The van der Waals surface area contributed by atoms with Crippen LogP contribution in [0.15, 0.2) is 243 Å². The quantitative estimate of drug-likeness (QED) is 0.00956. The molecule has 0 bridgehead atoms. The third-order valence-corrected chi connectivity index (χ3v) is 26.3. The number of aromatic nitrogens is 6. The van der Waals surface area contributed by atoms with Crippen molar-refractivity contribution in [1.29, 1.82) is 0 Å². The van der Waals surface area contributed by atoms with Crippen LogP contribution in [-0.2, 0) is 83.2 Å². The van der Waals surface area contributed by atoms with Gasteiger partial charge in [-0.15, -0.1) is 0 Å². The SMILES string of the molecule is COc1ccc(CSCCOCCOCCOc2ccc3[nH]cc(CCN)c3c2)cc1.COc1ccc(CSCCOCCOCCOc2ccc3[nH]cc(CCNC(=O)OC(C)(C)C)c3c2)cc1.NCCc1c[nH]c2ccc(O)cc12.NCCc1c[nH]c2ccc(OCCOCCOCCS)cc12.O=C1c2ccccc2C(=O)N1CCc1c[nH]c2ccc(O)cc12.O=C1c2ccccc2C(=O)N1CCc1c[nH]c2ccc(O)cc12. The summed E-state index contributed by atoms with van der Waals surface area (Å²) in [6, 6.07) is 63.6. The van der Waals surface area contributed by atoms with Crippen molar-refractivity contribution in [2.75, 3.05) is 170 Å². The second-order valence-electron chi connectivity index (χ2n) is 35.8. The Bertz CT molecular complexity index is 6730. The highest BCUT2D eigenvalue weighted by atomic mass is 32.2. The van der Waals surface area contributed by atoms with E-state index in [1.807, 2.05) is 160 Å². The molecule has 0 aliphatic carbocycles. The Morgan fingerprint density at radius 2 is 0.620 bits per heavy atom. The number of benzene rings is 10. The number of nitrogens with zero attached hydrogens (tertiary/aromatic N) is 2. The first kappa shape index (κ1) is 113. The maximum atomic E-state index is 12.3. The second-order valence-corrected chi connectivity index (χ2v) is 38.5. The van der Waals surface area contributed by atoms with E-state index in [1.165, 1.54) is 42.8 Å². The number of imide groups is 2. The van der Waals surface area contributed by atoms with Crippen LogP contribution in [-0.4, -0.2) is 260 Å². The number of methoxy groups -OCH3 is 2. The Labute approximate surface area is 886 Å². The summed E-state index contributed by atoms with van der Waals surface area (Å²) in [6.07, 6.45) is 15.5. The van der Waals surface area contributed by atoms with Crippen LogP contribution < -0.4 is 46.2 Å². The molecule has 16 N–H and O–H groups in total. The molecule has 32 nitrogen and oxygen atoms in total. The number of nitrogens with one attached hydrogen (secondary N) is 7. The van der Waals surface area contributed by atoms with Crippen LogP contribution in [0.1, 0.15) is 107 Å². The van der Waals surface area contributed by atoms with E-state index in [4.69, 9.17) is 74.0 Å². The van der Waals surface area contributed by atoms with Gasteiger partial charge in [0, 0.05) is 151 Å². The van der Waals surface area contributed by atoms with Crippen LogP contribution >= 0.6 is 36.2 Å². The van der Waals surface area contributed by atoms with E-state index < -0.39 is 11.7 Å². The van der Waals surface area contributed by atoms with E-state index in [1.54, 1.807) is 111 Å². The molecule has 0 spiro atoms. The number of nitrogens with two attached hydrogens (primary N) is 3. The predicted molar refractivity (Wildman–Crippen MR) is 596 cm³/mol. The average molecular weight is 2100 g/mol. The molecule has 0 radical (unpaired) electrons. The molecular formula is C115H136N12O20S3. The number of alkyl carbamates (subject to hydrolysis) is 1. The van der Waals surface area contributed by atoms with Crippen LogP contribution in [0.2, 0.25) is 0 Å². The van der Waals surface area contributed by atoms with E-state index in [-0.39, 0.29) is 35.1 Å². The van der Waals surface area contributed by atoms with E-state index >= 15 is 0 Å². The summed E-state index contributed by atoms with van der Waals surface area (Å²) in [5, 5.41) is 37.6. The largest absolute Gasteiger partial charge is 0.508 e. The standard InChI is InChI=1S/C29H40N2O6S.C24H32N2O4S.2C18H14N2O3.C16H24N2O3S.C10H12N2O/c1-29(2,3)37-28(32)30-12-11-23-20-31-27-10-9-25(19-26(23)27)36-16-15-34-13-14-35-17-18-38-21-22-5-7-24(33-4)8-6-22;1-27-21-4-2-19(3-5-21)18-31-15-14-29-11-10-28-12-13-30-22-6-7-24-23(16-22)20(8-9-25)17-26-24;2*21-12-5-6-16-15(9-12)11(10-19-16)7-8-20-17(22)13-3-1-2-4-14(13)18(20)23;17-4-3-13-12-18-16-2-1-14(11-15(13)16)21-8-7-19-5-6-20-9-10-22;11-4-3-7-6-12-10-2-1-8(13)5-9(7)10/h5-10,19-20,31H,11-18,21H2,1-4H3,(H,30,32);2-7,16-17,26H,8-15,18,25H2,1H3;2*1-6,9-10,19,21H,7-8H2;1-2,11-12,18,22H,3-10,17H2;1-2,5-6,12-13H,3-4,11H2. The molecule has 16 aromatic rings. The average Bonchev–Trinajstić information content (AvgIpc) is 1.63. The zero-order chi connectivity index (χ0) is 106. The normalized spacial score (nSPS) is 12.0. The molecule has 6 aromatic heterocycles. The number of carbonyl (C=O) groups is 5. The fourth-order valence-corrected chi connectivity index (χ4v) is 18.4. The van der Waals surface area contributed by atoms with Crippen molar-refractivity contribution < 1.29 is 96.1 Å². The molecule has 794 valence electrons. The molecule has 0 unspecified atom stereocenters. The first-order valence-corrected chi connectivity index (χ1v) is 53.1. The lowest BCUT2D eigenvalue weighted by atomic mass is 10.1. The van der Waals surface area contributed by atoms with Crippen molar-refractivity contribution in [3.05, 3.63) is 310 Å². The number of fused-ring (bicyclic) bond motifs is 8. The van der Waals surface area contributed by atoms with Crippen LogP contribution in [0, 0.1) is 0 Å². The third-order valence-electron chi connectivity index (χ3n) is 24.2. The molecule has 5 amide bonds. The van der Waals surface area contributed by atoms with Crippen molar-refractivity contribution in [1.82, 2.24) is 45.0 Å². The van der Waals surface area contributed by atoms with Gasteiger partial charge in [-0.1, -0.05) is 48.5 Å². The number of hydrogen-bond donors (Lipinski definition) is 14. The van der Waals surface area contributed by atoms with Gasteiger partial charge in [-0.2, -0.15) is 36.2 Å². The van der Waals surface area contributed by atoms with Crippen molar-refractivity contribution in [2.45, 2.75) is 76.4 Å². The number of hydrogen-bond acceptors (Lipinski definition) is 26. The number of phenolic OH excluding ortho intramolecular Hbond substituents is 3. The Balaban J connectivity index is 0.000000153. The number of thioether (sulfide) groups is 2. The summed E-state index contributed by atoms with van der Waals surface area (Å²) in [7, 11) is 3.36. The summed E-state index contributed by atoms with van der Waals surface area (Å²) in [5.41, 5.74) is 33.5. The predicted octanol–water partition coefficient (Wildman–Crippen LogP) is 18.4. The van der Waals surface area contributed by atoms with Crippen LogP contribution in [0.3, 0.4) is 0 Å². The fraction of sp³-hybridized carbons (Fsp3) is 0.330. The van der Waals surface area contributed by atoms with Gasteiger partial charge in [0.2, 0.25) is 0 Å². The number of thiol groups is 1. The molecular weight excluding hydrogens is 1970 g/mol. The van der Waals surface area contributed by atoms with Gasteiger partial charge in [0.1, 0.15) is 71.4 Å². The molecule has 18 rings (SSSR count). The molecule has 0 fully saturated rings. The number of aromatic hydroxyl groups is 3. The van der Waals surface area contributed by atoms with Crippen molar-refractivity contribution >= 4 is 131 Å². The van der Waals surface area contributed by atoms with Gasteiger partial charge in [-0.05, 0) is 281 Å². The number of carbonyl (C=O) groups excluding carboxylic acids is 5. The van der Waals surface area contributed by atoms with Crippen LogP contribution in [0.4, 0.5) is 4.79 Å². The molecule has 35 heteroatoms. The molecule has 150 heavy (non-hydrogen) atoms. The zero-order valence-electron chi connectivity index (χ0n) is 85.4. The lowest BCUT2D eigenvalue weighted by molar-refractivity contribution is 0.0412. The lowest BCUT2D eigenvalue weighted by Crippen LogP contribution is -2.33. The van der Waals surface area contributed by atoms with Gasteiger partial charge >= 0.3 is 6.09 Å². The van der Waals surface area contributed by atoms with Gasteiger partial charge in [0.15, 0.2) is 0 Å². The summed E-state index contributed by atoms with van der Waals surface area (Å²) < 4.78 is 66.3. The monoisotopic (exact) mass is 2100 g/mol. The summed E-state index contributed by atoms with van der Waals surface area (Å²) in [5.74, 6) is 8.53. The number of ether oxygens (including phenoxy) is 12. The minimum Gasteiger partial charge on any atom is -0.508 e. The number of aromatic amines is 6. The van der Waals surface area contributed by atoms with E-state index in [0.29, 0.717) is 179 Å². The molecule has 0 saturated carbocycles. The molecule has 2 aliphatic rings. The number of amides is 5. The van der Waals surface area contributed by atoms with E-state index in [2.05, 4.69) is 78.2 Å². The second kappa shape index (κ2) is 59.5. The van der Waals surface area contributed by atoms with Gasteiger partial charge in [0.05, 0.1) is 116 Å². The maximum Gasteiger partial charge on any atom is 0.407 e. The van der Waals surface area contributed by atoms with Crippen molar-refractivity contribution in [3.63, 3.8) is 0 Å². The molecule has 0 saturated heterocycles. The Kier molecular flexibility index (Phi) is 44.9. The molecule has 0 atom stereocenters. The van der Waals surface area contributed by atoms with Crippen LogP contribution in [0.25, 0.3) is 65.4 Å². The first-order chi connectivity index (χ1) is 73.1. The lowest BCUT2D eigenvalue weighted by Gasteiger charge is -2.19. The zero-order valence-corrected chi connectivity index (χ0v) is 87.9. The van der Waals surface area contributed by atoms with E-state index in [0.717, 1.165) is 160 Å². The van der Waals surface area contributed by atoms with Gasteiger partial charge < -0.3 is 125 Å². The fourth-order valence-electron chi connectivity index (χ4n) is 16.7. The highest BCUT2D eigenvalue weighted by Crippen LogP contribution is 2.33. The summed E-state index contributed by atoms with van der Waals surface area (Å²) in [6.45, 7) is 17.2. The highest BCUT2D eigenvalue weighted by Gasteiger charge is 2.36. The smallest absolute Gasteiger partial charge is 0.407 e. The number of rotatable bonds is 50. The van der Waals surface area contributed by atoms with E-state index in [9.17, 15) is 39.3 Å². The highest BCUT2D eigenvalue weighted by molar-refractivity contribution is 7.98. The Hall–Kier alpha value is -13.9. The Morgan fingerprint density at radius 3 is 0.920 bits per heavy atom. The maximum absolute atomic E-state index is 12.3. The van der Waals surface area contributed by atoms with Crippen LogP contribution in [0.5, 0.6) is 46.0 Å². The minimum atomic E-state index is -0.508. The molecule has 2 aliphatic heterocycles.